The molecule has 0 fully saturated rings. The molecule has 210 valence electrons. The largest absolute Gasteiger partial charge is 0.497 e. The number of carbonyl (C=O) groups excluding carboxylic acids is 1. The van der Waals surface area contributed by atoms with Crippen molar-refractivity contribution >= 4 is 33.3 Å². The molecule has 5 rings (SSSR count). The number of fused-ring (bicyclic) bond motifs is 2. The Hall–Kier alpha value is -4.91. The van der Waals surface area contributed by atoms with E-state index >= 15 is 0 Å². The normalized spacial score (nSPS) is 10.8. The van der Waals surface area contributed by atoms with Gasteiger partial charge in [0, 0.05) is 19.2 Å². The van der Waals surface area contributed by atoms with E-state index in [1.165, 1.54) is 0 Å². The van der Waals surface area contributed by atoms with Crippen molar-refractivity contribution in [3.63, 3.8) is 0 Å². The molecule has 41 heavy (non-hydrogen) atoms. The number of ether oxygens (including phenoxy) is 4. The highest BCUT2D eigenvalue weighted by atomic mass is 16.5. The van der Waals surface area contributed by atoms with E-state index in [1.54, 1.807) is 46.6 Å². The zero-order valence-corrected chi connectivity index (χ0v) is 23.8. The zero-order chi connectivity index (χ0) is 28.8. The third-order valence-corrected chi connectivity index (χ3v) is 7.29. The zero-order valence-electron chi connectivity index (χ0n) is 23.8. The Kier molecular flexibility index (Phi) is 8.44. The standard InChI is InChI=1S/C34H34N2O5/c1-38-26-14-15-30(32(21-26)40-3)35-34(37)36(18-17-23-13-16-31(39-2)33(19-23)41-4)22-29-27-11-7-5-9-24(27)20-25-10-6-8-12-28(25)29/h5-16,19-21H,17-18,22H2,1-4H3,(H,35,37). The van der Waals surface area contributed by atoms with Crippen LogP contribution in [0.4, 0.5) is 10.5 Å². The third kappa shape index (κ3) is 5.99. The summed E-state index contributed by atoms with van der Waals surface area (Å²) in [5.74, 6) is 2.49. The molecule has 7 nitrogen and oxygen atoms in total. The number of benzene rings is 5. The number of rotatable bonds is 10. The van der Waals surface area contributed by atoms with Crippen LogP contribution in [0.5, 0.6) is 23.0 Å². The number of nitrogens with zero attached hydrogens (tertiary/aromatic N) is 1. The van der Waals surface area contributed by atoms with Crippen LogP contribution in [0.25, 0.3) is 21.5 Å². The van der Waals surface area contributed by atoms with Gasteiger partial charge < -0.3 is 29.2 Å². The summed E-state index contributed by atoms with van der Waals surface area (Å²) in [6.07, 6.45) is 0.621. The first-order valence-corrected chi connectivity index (χ1v) is 13.4. The average Bonchev–Trinajstić information content (AvgIpc) is 3.02. The van der Waals surface area contributed by atoms with E-state index in [1.807, 2.05) is 47.4 Å². The number of hydrogen-bond acceptors (Lipinski definition) is 5. The maximum atomic E-state index is 13.9. The van der Waals surface area contributed by atoms with E-state index in [4.69, 9.17) is 18.9 Å². The first-order valence-electron chi connectivity index (χ1n) is 13.4. The summed E-state index contributed by atoms with van der Waals surface area (Å²) in [5, 5.41) is 7.59. The van der Waals surface area contributed by atoms with Gasteiger partial charge in [-0.3, -0.25) is 0 Å². The lowest BCUT2D eigenvalue weighted by molar-refractivity contribution is 0.210. The van der Waals surface area contributed by atoms with Crippen molar-refractivity contribution in [2.45, 2.75) is 13.0 Å². The number of methoxy groups -OCH3 is 4. The predicted molar refractivity (Wildman–Crippen MR) is 164 cm³/mol. The Morgan fingerprint density at radius 3 is 1.98 bits per heavy atom. The van der Waals surface area contributed by atoms with Gasteiger partial charge in [-0.1, -0.05) is 54.6 Å². The van der Waals surface area contributed by atoms with E-state index in [0.29, 0.717) is 48.2 Å². The van der Waals surface area contributed by atoms with Crippen molar-refractivity contribution in [3.8, 4) is 23.0 Å². The quantitative estimate of drug-likeness (QED) is 0.185. The van der Waals surface area contributed by atoms with Crippen molar-refractivity contribution in [2.75, 3.05) is 40.3 Å². The Morgan fingerprint density at radius 1 is 0.683 bits per heavy atom. The number of urea groups is 1. The summed E-state index contributed by atoms with van der Waals surface area (Å²) >= 11 is 0. The molecule has 0 aliphatic carbocycles. The van der Waals surface area contributed by atoms with E-state index < -0.39 is 0 Å². The third-order valence-electron chi connectivity index (χ3n) is 7.29. The van der Waals surface area contributed by atoms with Crippen LogP contribution in [0, 0.1) is 0 Å². The molecule has 0 aromatic heterocycles. The monoisotopic (exact) mass is 550 g/mol. The lowest BCUT2D eigenvalue weighted by Gasteiger charge is -2.26. The highest BCUT2D eigenvalue weighted by molar-refractivity contribution is 6.02. The second-order valence-corrected chi connectivity index (χ2v) is 9.65. The van der Waals surface area contributed by atoms with Gasteiger partial charge in [-0.25, -0.2) is 4.79 Å². The Bertz CT molecular complexity index is 1630. The van der Waals surface area contributed by atoms with Crippen LogP contribution in [0.3, 0.4) is 0 Å². The summed E-state index contributed by atoms with van der Waals surface area (Å²) < 4.78 is 21.8. The van der Waals surface area contributed by atoms with Crippen LogP contribution in [0.15, 0.2) is 91.0 Å². The maximum Gasteiger partial charge on any atom is 0.322 e. The van der Waals surface area contributed by atoms with E-state index in [-0.39, 0.29) is 6.03 Å². The summed E-state index contributed by atoms with van der Waals surface area (Å²) in [7, 11) is 6.40. The van der Waals surface area contributed by atoms with Gasteiger partial charge in [0.25, 0.3) is 0 Å². The molecule has 0 bridgehead atoms. The fraction of sp³-hybridized carbons (Fsp3) is 0.206. The number of amides is 2. The van der Waals surface area contributed by atoms with Crippen molar-refractivity contribution in [3.05, 3.63) is 102 Å². The lowest BCUT2D eigenvalue weighted by Crippen LogP contribution is -2.36. The second-order valence-electron chi connectivity index (χ2n) is 9.65. The van der Waals surface area contributed by atoms with Crippen LogP contribution in [0.1, 0.15) is 11.1 Å². The first-order chi connectivity index (χ1) is 20.0. The van der Waals surface area contributed by atoms with Gasteiger partial charge in [0.05, 0.1) is 34.1 Å². The molecular formula is C34H34N2O5. The molecule has 0 unspecified atom stereocenters. The summed E-state index contributed by atoms with van der Waals surface area (Å²) in [5.41, 5.74) is 2.70. The highest BCUT2D eigenvalue weighted by Crippen LogP contribution is 2.32. The van der Waals surface area contributed by atoms with Gasteiger partial charge in [0.2, 0.25) is 0 Å². The molecule has 0 aliphatic rings. The van der Waals surface area contributed by atoms with E-state index in [0.717, 1.165) is 32.7 Å². The van der Waals surface area contributed by atoms with Gasteiger partial charge in [-0.2, -0.15) is 0 Å². The molecule has 0 saturated heterocycles. The van der Waals surface area contributed by atoms with Crippen LogP contribution in [-0.4, -0.2) is 45.9 Å². The molecular weight excluding hydrogens is 516 g/mol. The SMILES string of the molecule is COc1ccc(NC(=O)N(CCc2ccc(OC)c(OC)c2)Cc2c3ccccc3cc3ccccc23)c(OC)c1. The fourth-order valence-electron chi connectivity index (χ4n) is 5.12. The van der Waals surface area contributed by atoms with Gasteiger partial charge in [-0.05, 0) is 69.4 Å². The van der Waals surface area contributed by atoms with Crippen molar-refractivity contribution in [1.82, 2.24) is 4.90 Å². The number of carbonyl (C=O) groups is 1. The van der Waals surface area contributed by atoms with Gasteiger partial charge >= 0.3 is 6.03 Å². The second kappa shape index (κ2) is 12.5. The fourth-order valence-corrected chi connectivity index (χ4v) is 5.12. The van der Waals surface area contributed by atoms with E-state index in [2.05, 4.69) is 35.6 Å². The van der Waals surface area contributed by atoms with E-state index in [9.17, 15) is 4.79 Å². The number of anilines is 1. The molecule has 5 aromatic carbocycles. The van der Waals surface area contributed by atoms with Crippen molar-refractivity contribution in [1.29, 1.82) is 0 Å². The lowest BCUT2D eigenvalue weighted by atomic mass is 9.96. The molecule has 2 amide bonds. The number of nitrogens with one attached hydrogen (secondary N) is 1. The number of hydrogen-bond donors (Lipinski definition) is 1. The molecule has 5 aromatic rings. The van der Waals surface area contributed by atoms with Crippen LogP contribution in [-0.2, 0) is 13.0 Å². The molecule has 0 saturated carbocycles. The first kappa shape index (κ1) is 27.6. The predicted octanol–water partition coefficient (Wildman–Crippen LogP) is 7.30. The Balaban J connectivity index is 1.51. The van der Waals surface area contributed by atoms with Gasteiger partial charge in [-0.15, -0.1) is 0 Å². The average molecular weight is 551 g/mol. The topological polar surface area (TPSA) is 69.3 Å². The molecule has 1 N–H and O–H groups in total. The van der Waals surface area contributed by atoms with Gasteiger partial charge in [0.15, 0.2) is 11.5 Å². The summed E-state index contributed by atoms with van der Waals surface area (Å²) in [6.45, 7) is 0.886. The summed E-state index contributed by atoms with van der Waals surface area (Å²) in [6, 6.07) is 29.8. The van der Waals surface area contributed by atoms with Crippen LogP contribution >= 0.6 is 0 Å². The molecule has 0 aliphatic heterocycles. The molecule has 0 radical (unpaired) electrons. The Morgan fingerprint density at radius 2 is 1.34 bits per heavy atom. The molecule has 7 heteroatoms. The minimum atomic E-state index is -0.231. The van der Waals surface area contributed by atoms with Gasteiger partial charge in [0.1, 0.15) is 11.5 Å². The molecule has 0 spiro atoms. The minimum absolute atomic E-state index is 0.231. The maximum absolute atomic E-state index is 13.9. The Labute approximate surface area is 240 Å². The highest BCUT2D eigenvalue weighted by Gasteiger charge is 2.20. The van der Waals surface area contributed by atoms with Crippen LogP contribution < -0.4 is 24.3 Å². The molecule has 0 heterocycles. The van der Waals surface area contributed by atoms with Crippen molar-refractivity contribution < 1.29 is 23.7 Å². The van der Waals surface area contributed by atoms with Crippen LogP contribution in [0.2, 0.25) is 0 Å². The molecule has 0 atom stereocenters. The summed E-state index contributed by atoms with van der Waals surface area (Å²) in [4.78, 5) is 15.8. The minimum Gasteiger partial charge on any atom is -0.497 e. The smallest absolute Gasteiger partial charge is 0.322 e. The van der Waals surface area contributed by atoms with Crippen molar-refractivity contribution in [2.24, 2.45) is 0 Å².